The number of carbonyl (C=O) groups excluding carboxylic acids is 1. The molecule has 0 aliphatic heterocycles. The van der Waals surface area contributed by atoms with Crippen LogP contribution in [-0.2, 0) is 6.42 Å². The van der Waals surface area contributed by atoms with E-state index in [9.17, 15) is 9.18 Å². The van der Waals surface area contributed by atoms with E-state index in [1.54, 1.807) is 31.2 Å². The summed E-state index contributed by atoms with van der Waals surface area (Å²) in [5.41, 5.74) is 9.57. The fourth-order valence-corrected chi connectivity index (χ4v) is 3.27. The Kier molecular flexibility index (Phi) is 11.2. The summed E-state index contributed by atoms with van der Waals surface area (Å²) >= 11 is 0. The molecule has 0 aliphatic rings. The van der Waals surface area contributed by atoms with Gasteiger partial charge in [-0.1, -0.05) is 37.0 Å². The third-order valence-electron chi connectivity index (χ3n) is 4.84. The van der Waals surface area contributed by atoms with Gasteiger partial charge in [0, 0.05) is 34.8 Å². The number of aliphatic hydroxyl groups is 1. The molecule has 1 heterocycles. The molecule has 0 radical (unpaired) electrons. The number of carbonyl (C=O) groups is 1. The minimum atomic E-state index is -0.519. The van der Waals surface area contributed by atoms with E-state index in [1.165, 1.54) is 11.6 Å². The summed E-state index contributed by atoms with van der Waals surface area (Å²) in [6.45, 7) is 7.79. The number of benzene rings is 3. The number of rotatable bonds is 4. The van der Waals surface area contributed by atoms with Gasteiger partial charge in [-0.2, -0.15) is 0 Å². The minimum Gasteiger partial charge on any atom is -0.490 e. The SMILES string of the molecule is CC(C)Oc1ccc(C#Cc2ccccc2)cc1C(N)=O.CCO.CCc1c[nH]c2ccc(F)cc12. The Morgan fingerprint density at radius 2 is 1.69 bits per heavy atom. The van der Waals surface area contributed by atoms with Crippen molar-refractivity contribution in [3.8, 4) is 17.6 Å². The zero-order chi connectivity index (χ0) is 26.5. The smallest absolute Gasteiger partial charge is 0.252 e. The van der Waals surface area contributed by atoms with Crippen LogP contribution in [0.1, 0.15) is 54.7 Å². The van der Waals surface area contributed by atoms with Gasteiger partial charge in [0.1, 0.15) is 11.6 Å². The van der Waals surface area contributed by atoms with Crippen LogP contribution in [0.4, 0.5) is 4.39 Å². The maximum atomic E-state index is 12.8. The molecule has 0 unspecified atom stereocenters. The number of aromatic amines is 1. The van der Waals surface area contributed by atoms with Gasteiger partial charge in [0.2, 0.25) is 0 Å². The number of ether oxygens (including phenoxy) is 1. The van der Waals surface area contributed by atoms with Crippen molar-refractivity contribution in [2.75, 3.05) is 6.61 Å². The number of hydrogen-bond acceptors (Lipinski definition) is 3. The highest BCUT2D eigenvalue weighted by atomic mass is 19.1. The van der Waals surface area contributed by atoms with Crippen LogP contribution in [0.25, 0.3) is 10.9 Å². The second-order valence-electron chi connectivity index (χ2n) is 8.03. The van der Waals surface area contributed by atoms with Crippen molar-refractivity contribution in [2.24, 2.45) is 5.73 Å². The first-order valence-electron chi connectivity index (χ1n) is 11.8. The van der Waals surface area contributed by atoms with Crippen LogP contribution < -0.4 is 10.5 Å². The van der Waals surface area contributed by atoms with Gasteiger partial charge < -0.3 is 20.6 Å². The van der Waals surface area contributed by atoms with Crippen LogP contribution in [-0.4, -0.2) is 28.7 Å². The molecule has 5 nitrogen and oxygen atoms in total. The highest BCUT2D eigenvalue weighted by Gasteiger charge is 2.11. The normalized spacial score (nSPS) is 9.86. The molecule has 0 atom stereocenters. The molecule has 3 aromatic carbocycles. The van der Waals surface area contributed by atoms with E-state index in [-0.39, 0.29) is 18.5 Å². The molecule has 0 spiro atoms. The Balaban J connectivity index is 0.000000255. The standard InChI is InChI=1S/C18H17NO2.C10H10FN.C2H6O/c1-13(2)21-17-11-10-15(12-16(17)18(19)20)9-8-14-6-4-3-5-7-14;1-2-7-6-12-10-4-3-8(11)5-9(7)10;1-2-3/h3-7,10-13H,1-2H3,(H2,19,20);3-6,12H,2H2,1H3;3H,2H2,1H3. The van der Waals surface area contributed by atoms with Gasteiger partial charge in [-0.15, -0.1) is 0 Å². The maximum absolute atomic E-state index is 12.8. The topological polar surface area (TPSA) is 88.3 Å². The summed E-state index contributed by atoms with van der Waals surface area (Å²) in [4.78, 5) is 14.6. The number of fused-ring (bicyclic) bond motifs is 1. The number of aromatic nitrogens is 1. The number of H-pyrrole nitrogens is 1. The molecule has 0 saturated carbocycles. The number of nitrogens with one attached hydrogen (secondary N) is 1. The zero-order valence-corrected chi connectivity index (χ0v) is 21.1. The molecule has 4 aromatic rings. The average molecular weight is 489 g/mol. The summed E-state index contributed by atoms with van der Waals surface area (Å²) in [7, 11) is 0. The Morgan fingerprint density at radius 3 is 2.31 bits per heavy atom. The van der Waals surface area contributed by atoms with Gasteiger partial charge in [-0.05, 0) is 81.3 Å². The molecular formula is C30H33FN2O3. The number of aliphatic hydroxyl groups excluding tert-OH is 1. The van der Waals surface area contributed by atoms with Crippen LogP contribution in [0, 0.1) is 17.7 Å². The molecule has 4 N–H and O–H groups in total. The molecule has 0 saturated heterocycles. The molecule has 4 rings (SSSR count). The van der Waals surface area contributed by atoms with Crippen molar-refractivity contribution in [1.82, 2.24) is 4.98 Å². The monoisotopic (exact) mass is 488 g/mol. The molecule has 36 heavy (non-hydrogen) atoms. The largest absolute Gasteiger partial charge is 0.490 e. The van der Waals surface area contributed by atoms with Crippen LogP contribution in [0.2, 0.25) is 0 Å². The Morgan fingerprint density at radius 1 is 1.03 bits per heavy atom. The number of nitrogens with two attached hydrogens (primary N) is 1. The van der Waals surface area contributed by atoms with Gasteiger partial charge in [-0.25, -0.2) is 4.39 Å². The quantitative estimate of drug-likeness (QED) is 0.315. The van der Waals surface area contributed by atoms with E-state index >= 15 is 0 Å². The van der Waals surface area contributed by atoms with Gasteiger partial charge in [0.15, 0.2) is 0 Å². The number of halogens is 1. The average Bonchev–Trinajstić information content (AvgIpc) is 3.26. The van der Waals surface area contributed by atoms with Crippen LogP contribution in [0.5, 0.6) is 5.75 Å². The van der Waals surface area contributed by atoms with E-state index in [0.29, 0.717) is 11.3 Å². The van der Waals surface area contributed by atoms with Crippen LogP contribution >= 0.6 is 0 Å². The lowest BCUT2D eigenvalue weighted by atomic mass is 10.1. The number of hydrogen-bond donors (Lipinski definition) is 3. The summed E-state index contributed by atoms with van der Waals surface area (Å²) in [5, 5.41) is 8.57. The fraction of sp³-hybridized carbons (Fsp3) is 0.233. The van der Waals surface area contributed by atoms with Crippen molar-refractivity contribution in [2.45, 2.75) is 40.2 Å². The van der Waals surface area contributed by atoms with Gasteiger partial charge in [0.25, 0.3) is 5.91 Å². The highest BCUT2D eigenvalue weighted by Crippen LogP contribution is 2.21. The lowest BCUT2D eigenvalue weighted by molar-refractivity contribution is 0.0994. The van der Waals surface area contributed by atoms with Gasteiger partial charge >= 0.3 is 0 Å². The van der Waals surface area contributed by atoms with Crippen LogP contribution in [0.15, 0.2) is 72.9 Å². The van der Waals surface area contributed by atoms with Crippen molar-refractivity contribution in [3.63, 3.8) is 0 Å². The first-order chi connectivity index (χ1) is 17.3. The van der Waals surface area contributed by atoms with Crippen LogP contribution in [0.3, 0.4) is 0 Å². The third-order valence-corrected chi connectivity index (χ3v) is 4.84. The first-order valence-corrected chi connectivity index (χ1v) is 11.8. The summed E-state index contributed by atoms with van der Waals surface area (Å²) < 4.78 is 18.4. The summed E-state index contributed by atoms with van der Waals surface area (Å²) in [6, 6.07) is 19.7. The lowest BCUT2D eigenvalue weighted by Crippen LogP contribution is -2.15. The van der Waals surface area contributed by atoms with Crippen molar-refractivity contribution in [1.29, 1.82) is 0 Å². The predicted octanol–water partition coefficient (Wildman–Crippen LogP) is 5.84. The summed E-state index contributed by atoms with van der Waals surface area (Å²) in [5.74, 6) is 5.87. The molecule has 0 bridgehead atoms. The number of aryl methyl sites for hydroxylation is 1. The molecule has 0 fully saturated rings. The van der Waals surface area contributed by atoms with E-state index in [2.05, 4.69) is 23.7 Å². The highest BCUT2D eigenvalue weighted by molar-refractivity contribution is 5.96. The second kappa shape index (κ2) is 14.3. The molecule has 0 aliphatic carbocycles. The predicted molar refractivity (Wildman–Crippen MR) is 144 cm³/mol. The Bertz CT molecular complexity index is 1320. The van der Waals surface area contributed by atoms with Gasteiger partial charge in [0.05, 0.1) is 11.7 Å². The Labute approximate surface area is 212 Å². The van der Waals surface area contributed by atoms with E-state index < -0.39 is 5.91 Å². The van der Waals surface area contributed by atoms with E-state index in [0.717, 1.165) is 28.5 Å². The number of amides is 1. The molecule has 1 amide bonds. The molecule has 6 heteroatoms. The molecule has 1 aromatic heterocycles. The van der Waals surface area contributed by atoms with E-state index in [1.807, 2.05) is 56.4 Å². The lowest BCUT2D eigenvalue weighted by Gasteiger charge is -2.12. The molecule has 188 valence electrons. The van der Waals surface area contributed by atoms with Gasteiger partial charge in [-0.3, -0.25) is 4.79 Å². The second-order valence-corrected chi connectivity index (χ2v) is 8.03. The molecular weight excluding hydrogens is 455 g/mol. The van der Waals surface area contributed by atoms with Crippen molar-refractivity contribution in [3.05, 3.63) is 101 Å². The van der Waals surface area contributed by atoms with E-state index in [4.69, 9.17) is 15.6 Å². The zero-order valence-electron chi connectivity index (χ0n) is 21.1. The maximum Gasteiger partial charge on any atom is 0.252 e. The first kappa shape index (κ1) is 28.2. The van der Waals surface area contributed by atoms with Crippen molar-refractivity contribution < 1.29 is 19.0 Å². The minimum absolute atomic E-state index is 0.0237. The van der Waals surface area contributed by atoms with Crippen molar-refractivity contribution >= 4 is 16.8 Å². The Hall–Kier alpha value is -4.08. The number of primary amides is 1. The summed E-state index contributed by atoms with van der Waals surface area (Å²) in [6.07, 6.45) is 2.84. The third kappa shape index (κ3) is 8.61. The fourth-order valence-electron chi connectivity index (χ4n) is 3.27.